The van der Waals surface area contributed by atoms with E-state index in [4.69, 9.17) is 5.73 Å². The van der Waals surface area contributed by atoms with Crippen molar-refractivity contribution in [3.63, 3.8) is 0 Å². The van der Waals surface area contributed by atoms with E-state index in [9.17, 15) is 0 Å². The average Bonchev–Trinajstić information content (AvgIpc) is 2.34. The standard InChI is InChI=1S/C16H28N4/c1-6-20(5)12-14-9-7-8-13(10-14)11-18-15(17)19-16(2,3)4/h7-10H,6,11-12H2,1-5H3,(H3,17,18,19). The van der Waals surface area contributed by atoms with E-state index >= 15 is 0 Å². The van der Waals surface area contributed by atoms with Crippen LogP contribution in [0.15, 0.2) is 29.3 Å². The van der Waals surface area contributed by atoms with E-state index in [0.29, 0.717) is 12.5 Å². The SMILES string of the molecule is CCN(C)Cc1cccc(CN=C(N)NC(C)(C)C)c1. The molecule has 0 fully saturated rings. The van der Waals surface area contributed by atoms with Crippen LogP contribution in [0, 0.1) is 0 Å². The Morgan fingerprint density at radius 3 is 2.55 bits per heavy atom. The predicted octanol–water partition coefficient (Wildman–Crippen LogP) is 2.34. The van der Waals surface area contributed by atoms with Crippen LogP contribution in [0.25, 0.3) is 0 Å². The Balaban J connectivity index is 2.64. The van der Waals surface area contributed by atoms with Gasteiger partial charge in [-0.25, -0.2) is 4.99 Å². The summed E-state index contributed by atoms with van der Waals surface area (Å²) in [5.74, 6) is 0.494. The quantitative estimate of drug-likeness (QED) is 0.641. The summed E-state index contributed by atoms with van der Waals surface area (Å²) in [4.78, 5) is 6.67. The second-order valence-corrected chi connectivity index (χ2v) is 6.23. The van der Waals surface area contributed by atoms with Gasteiger partial charge in [0.25, 0.3) is 0 Å². The van der Waals surface area contributed by atoms with Crippen molar-refractivity contribution in [2.45, 2.75) is 46.3 Å². The fourth-order valence-electron chi connectivity index (χ4n) is 1.85. The Morgan fingerprint density at radius 1 is 1.30 bits per heavy atom. The number of guanidine groups is 1. The van der Waals surface area contributed by atoms with E-state index in [1.165, 1.54) is 11.1 Å². The number of hydrogen-bond acceptors (Lipinski definition) is 2. The number of nitrogens with one attached hydrogen (secondary N) is 1. The molecule has 1 aromatic rings. The largest absolute Gasteiger partial charge is 0.370 e. The lowest BCUT2D eigenvalue weighted by atomic mass is 10.1. The summed E-state index contributed by atoms with van der Waals surface area (Å²) in [7, 11) is 2.12. The molecule has 1 rings (SSSR count). The van der Waals surface area contributed by atoms with Gasteiger partial charge < -0.3 is 16.0 Å². The summed E-state index contributed by atoms with van der Waals surface area (Å²) in [6, 6.07) is 8.51. The Hall–Kier alpha value is -1.55. The molecule has 20 heavy (non-hydrogen) atoms. The molecule has 0 amide bonds. The van der Waals surface area contributed by atoms with Crippen LogP contribution in [0.1, 0.15) is 38.8 Å². The van der Waals surface area contributed by atoms with E-state index in [2.05, 4.69) is 74.2 Å². The molecule has 0 aliphatic heterocycles. The Labute approximate surface area is 123 Å². The Bertz CT molecular complexity index is 446. The van der Waals surface area contributed by atoms with Crippen molar-refractivity contribution in [1.82, 2.24) is 10.2 Å². The predicted molar refractivity (Wildman–Crippen MR) is 86.7 cm³/mol. The molecule has 0 aliphatic carbocycles. The van der Waals surface area contributed by atoms with Crippen LogP contribution >= 0.6 is 0 Å². The van der Waals surface area contributed by atoms with Crippen molar-refractivity contribution in [2.75, 3.05) is 13.6 Å². The molecule has 1 aromatic carbocycles. The molecule has 112 valence electrons. The minimum atomic E-state index is -0.0563. The van der Waals surface area contributed by atoms with Crippen molar-refractivity contribution >= 4 is 5.96 Å². The zero-order valence-corrected chi connectivity index (χ0v) is 13.4. The van der Waals surface area contributed by atoms with Gasteiger partial charge in [0.05, 0.1) is 6.54 Å². The fraction of sp³-hybridized carbons (Fsp3) is 0.562. The molecule has 0 saturated carbocycles. The molecule has 0 aromatic heterocycles. The molecule has 0 atom stereocenters. The minimum Gasteiger partial charge on any atom is -0.370 e. The third-order valence-corrected chi connectivity index (χ3v) is 2.92. The highest BCUT2D eigenvalue weighted by atomic mass is 15.1. The molecule has 0 bridgehead atoms. The number of nitrogens with zero attached hydrogens (tertiary/aromatic N) is 2. The zero-order chi connectivity index (χ0) is 15.2. The van der Waals surface area contributed by atoms with Crippen molar-refractivity contribution < 1.29 is 0 Å². The van der Waals surface area contributed by atoms with Gasteiger partial charge >= 0.3 is 0 Å². The highest BCUT2D eigenvalue weighted by Gasteiger charge is 2.09. The molecule has 0 aliphatic rings. The molecule has 0 spiro atoms. The highest BCUT2D eigenvalue weighted by molar-refractivity contribution is 5.78. The van der Waals surface area contributed by atoms with Crippen LogP contribution in [0.2, 0.25) is 0 Å². The van der Waals surface area contributed by atoms with Crippen molar-refractivity contribution in [3.8, 4) is 0 Å². The fourth-order valence-corrected chi connectivity index (χ4v) is 1.85. The molecular weight excluding hydrogens is 248 g/mol. The van der Waals surface area contributed by atoms with Gasteiger partial charge in [-0.2, -0.15) is 0 Å². The molecular formula is C16H28N4. The van der Waals surface area contributed by atoms with E-state index in [-0.39, 0.29) is 5.54 Å². The van der Waals surface area contributed by atoms with Gasteiger partial charge in [0.15, 0.2) is 5.96 Å². The van der Waals surface area contributed by atoms with Crippen LogP contribution in [0.5, 0.6) is 0 Å². The number of hydrogen-bond donors (Lipinski definition) is 2. The maximum atomic E-state index is 5.88. The summed E-state index contributed by atoms with van der Waals surface area (Å²) in [6.45, 7) is 11.0. The highest BCUT2D eigenvalue weighted by Crippen LogP contribution is 2.09. The van der Waals surface area contributed by atoms with Crippen molar-refractivity contribution in [2.24, 2.45) is 10.7 Å². The Kier molecular flexibility index (Phi) is 6.02. The van der Waals surface area contributed by atoms with E-state index in [1.807, 2.05) is 0 Å². The minimum absolute atomic E-state index is 0.0563. The van der Waals surface area contributed by atoms with Crippen LogP contribution < -0.4 is 11.1 Å². The van der Waals surface area contributed by atoms with E-state index in [1.54, 1.807) is 0 Å². The maximum Gasteiger partial charge on any atom is 0.189 e. The summed E-state index contributed by atoms with van der Waals surface area (Å²) < 4.78 is 0. The first-order chi connectivity index (χ1) is 9.30. The third kappa shape index (κ3) is 6.57. The van der Waals surface area contributed by atoms with E-state index in [0.717, 1.165) is 13.1 Å². The second-order valence-electron chi connectivity index (χ2n) is 6.23. The van der Waals surface area contributed by atoms with Crippen LogP contribution in [-0.2, 0) is 13.1 Å². The average molecular weight is 276 g/mol. The second kappa shape index (κ2) is 7.29. The van der Waals surface area contributed by atoms with Gasteiger partial charge in [0.2, 0.25) is 0 Å². The number of benzene rings is 1. The number of rotatable bonds is 5. The van der Waals surface area contributed by atoms with E-state index < -0.39 is 0 Å². The zero-order valence-electron chi connectivity index (χ0n) is 13.4. The smallest absolute Gasteiger partial charge is 0.189 e. The molecule has 0 heterocycles. The summed E-state index contributed by atoms with van der Waals surface area (Å²) in [6.07, 6.45) is 0. The lowest BCUT2D eigenvalue weighted by Gasteiger charge is -2.21. The number of nitrogens with two attached hydrogens (primary N) is 1. The molecule has 0 saturated heterocycles. The van der Waals surface area contributed by atoms with Crippen molar-refractivity contribution in [3.05, 3.63) is 35.4 Å². The van der Waals surface area contributed by atoms with Crippen LogP contribution in [-0.4, -0.2) is 30.0 Å². The lowest BCUT2D eigenvalue weighted by Crippen LogP contribution is -2.44. The van der Waals surface area contributed by atoms with Gasteiger partial charge in [0.1, 0.15) is 0 Å². The molecule has 0 unspecified atom stereocenters. The normalized spacial score (nSPS) is 12.8. The summed E-state index contributed by atoms with van der Waals surface area (Å²) in [5.41, 5.74) is 8.32. The monoisotopic (exact) mass is 276 g/mol. The molecule has 4 nitrogen and oxygen atoms in total. The summed E-state index contributed by atoms with van der Waals surface area (Å²) in [5, 5.41) is 3.16. The van der Waals surface area contributed by atoms with Gasteiger partial charge in [-0.15, -0.1) is 0 Å². The summed E-state index contributed by atoms with van der Waals surface area (Å²) >= 11 is 0. The van der Waals surface area contributed by atoms with Crippen LogP contribution in [0.4, 0.5) is 0 Å². The van der Waals surface area contributed by atoms with Gasteiger partial charge in [-0.05, 0) is 45.5 Å². The maximum absolute atomic E-state index is 5.88. The van der Waals surface area contributed by atoms with Crippen LogP contribution in [0.3, 0.4) is 0 Å². The van der Waals surface area contributed by atoms with Gasteiger partial charge in [-0.3, -0.25) is 0 Å². The first kappa shape index (κ1) is 16.5. The molecule has 3 N–H and O–H groups in total. The van der Waals surface area contributed by atoms with Crippen molar-refractivity contribution in [1.29, 1.82) is 0 Å². The Morgan fingerprint density at radius 2 is 1.95 bits per heavy atom. The topological polar surface area (TPSA) is 53.6 Å². The number of aliphatic imine (C=N–C) groups is 1. The van der Waals surface area contributed by atoms with Gasteiger partial charge in [-0.1, -0.05) is 31.2 Å². The van der Waals surface area contributed by atoms with Gasteiger partial charge in [0, 0.05) is 12.1 Å². The molecule has 0 radical (unpaired) electrons. The first-order valence-corrected chi connectivity index (χ1v) is 7.14. The lowest BCUT2D eigenvalue weighted by molar-refractivity contribution is 0.345. The first-order valence-electron chi connectivity index (χ1n) is 7.14. The molecule has 4 heteroatoms. The third-order valence-electron chi connectivity index (χ3n) is 2.92.